The predicted octanol–water partition coefficient (Wildman–Crippen LogP) is 4.85. The lowest BCUT2D eigenvalue weighted by atomic mass is 10.0. The maximum absolute atomic E-state index is 12.5. The van der Waals surface area contributed by atoms with Crippen LogP contribution >= 0.6 is 15.9 Å². The highest BCUT2D eigenvalue weighted by Crippen LogP contribution is 2.26. The van der Waals surface area contributed by atoms with Crippen LogP contribution in [-0.4, -0.2) is 12.5 Å². The molecule has 2 aromatic carbocycles. The molecular formula is C21H22BrN3O2. The van der Waals surface area contributed by atoms with E-state index in [0.717, 1.165) is 27.0 Å². The lowest BCUT2D eigenvalue weighted by Crippen LogP contribution is -2.28. The van der Waals surface area contributed by atoms with Crippen LogP contribution in [0.5, 0.6) is 5.75 Å². The number of nitrogens with one attached hydrogen (secondary N) is 2. The Bertz CT molecular complexity index is 887. The quantitative estimate of drug-likeness (QED) is 0.488. The van der Waals surface area contributed by atoms with Gasteiger partial charge in [-0.2, -0.15) is 5.26 Å². The molecule has 0 radical (unpaired) electrons. The minimum absolute atomic E-state index is 0.00700. The molecule has 0 aliphatic carbocycles. The Morgan fingerprint density at radius 3 is 2.78 bits per heavy atom. The highest BCUT2D eigenvalue weighted by molar-refractivity contribution is 9.10. The largest absolute Gasteiger partial charge is 0.494 e. The fraction of sp³-hybridized carbons (Fsp3) is 0.238. The van der Waals surface area contributed by atoms with E-state index in [1.54, 1.807) is 0 Å². The van der Waals surface area contributed by atoms with E-state index in [-0.39, 0.29) is 11.6 Å². The number of amides is 1. The third-order valence-electron chi connectivity index (χ3n) is 3.85. The highest BCUT2D eigenvalue weighted by Gasteiger charge is 2.17. The monoisotopic (exact) mass is 427 g/mol. The summed E-state index contributed by atoms with van der Waals surface area (Å²) in [4.78, 5) is 12.5. The smallest absolute Gasteiger partial charge is 0.263 e. The molecule has 1 atom stereocenters. The summed E-state index contributed by atoms with van der Waals surface area (Å²) in [5, 5.41) is 15.2. The minimum Gasteiger partial charge on any atom is -0.494 e. The molecule has 0 bridgehead atoms. The van der Waals surface area contributed by atoms with Crippen molar-refractivity contribution in [2.75, 3.05) is 11.9 Å². The summed E-state index contributed by atoms with van der Waals surface area (Å²) in [5.74, 6) is 0.280. The number of ether oxygens (including phenoxy) is 1. The second-order valence-corrected chi connectivity index (χ2v) is 6.91. The number of nitriles is 1. The van der Waals surface area contributed by atoms with Crippen molar-refractivity contribution in [3.63, 3.8) is 0 Å². The van der Waals surface area contributed by atoms with E-state index in [9.17, 15) is 10.1 Å². The summed E-state index contributed by atoms with van der Waals surface area (Å²) in [6.07, 6.45) is 1.41. The zero-order valence-electron chi connectivity index (χ0n) is 15.5. The van der Waals surface area contributed by atoms with E-state index < -0.39 is 5.91 Å². The first kappa shape index (κ1) is 20.5. The second kappa shape index (κ2) is 9.79. The highest BCUT2D eigenvalue weighted by atomic mass is 79.9. The van der Waals surface area contributed by atoms with Crippen molar-refractivity contribution in [1.29, 1.82) is 5.26 Å². The first-order valence-electron chi connectivity index (χ1n) is 8.61. The van der Waals surface area contributed by atoms with Crippen molar-refractivity contribution < 1.29 is 9.53 Å². The molecule has 6 heteroatoms. The Morgan fingerprint density at radius 2 is 2.11 bits per heavy atom. The maximum atomic E-state index is 12.5. The van der Waals surface area contributed by atoms with Gasteiger partial charge >= 0.3 is 0 Å². The van der Waals surface area contributed by atoms with Gasteiger partial charge in [0, 0.05) is 21.9 Å². The van der Waals surface area contributed by atoms with Gasteiger partial charge in [-0.25, -0.2) is 0 Å². The first-order chi connectivity index (χ1) is 12.9. The summed E-state index contributed by atoms with van der Waals surface area (Å²) in [5.41, 5.74) is 2.71. The van der Waals surface area contributed by atoms with E-state index >= 15 is 0 Å². The van der Waals surface area contributed by atoms with E-state index in [1.807, 2.05) is 69.3 Å². The normalized spacial score (nSPS) is 12.0. The van der Waals surface area contributed by atoms with Gasteiger partial charge in [-0.15, -0.1) is 0 Å². The van der Waals surface area contributed by atoms with Gasteiger partial charge in [-0.3, -0.25) is 4.79 Å². The molecule has 0 aliphatic rings. The van der Waals surface area contributed by atoms with Crippen molar-refractivity contribution >= 4 is 27.5 Å². The van der Waals surface area contributed by atoms with Crippen molar-refractivity contribution in [3.05, 3.63) is 69.8 Å². The van der Waals surface area contributed by atoms with Crippen LogP contribution in [0, 0.1) is 18.3 Å². The number of carbonyl (C=O) groups is 1. The lowest BCUT2D eigenvalue weighted by molar-refractivity contribution is -0.117. The number of anilines is 1. The molecule has 0 fully saturated rings. The molecule has 2 aromatic rings. The fourth-order valence-electron chi connectivity index (χ4n) is 2.53. The third kappa shape index (κ3) is 5.87. The van der Waals surface area contributed by atoms with Crippen LogP contribution in [0.15, 0.2) is 58.7 Å². The molecule has 2 rings (SSSR count). The molecule has 0 saturated heterocycles. The van der Waals surface area contributed by atoms with Crippen LogP contribution in [-0.2, 0) is 4.79 Å². The van der Waals surface area contributed by atoms with Crippen molar-refractivity contribution in [1.82, 2.24) is 5.32 Å². The van der Waals surface area contributed by atoms with Gasteiger partial charge in [-0.1, -0.05) is 39.7 Å². The first-order valence-corrected chi connectivity index (χ1v) is 9.40. The Morgan fingerprint density at radius 1 is 1.33 bits per heavy atom. The van der Waals surface area contributed by atoms with Gasteiger partial charge in [0.05, 0.1) is 12.6 Å². The van der Waals surface area contributed by atoms with Gasteiger partial charge in [0.1, 0.15) is 17.4 Å². The number of nitrogens with zero attached hydrogens (tertiary/aromatic N) is 1. The average Bonchev–Trinajstić information content (AvgIpc) is 2.64. The standard InChI is InChI=1S/C21H22BrN3O2/c1-4-27-20-9-8-14(2)10-19(20)15(3)25-21(26)16(12-23)13-24-18-7-5-6-17(22)11-18/h5-11,13,15,24H,4H2,1-3H3,(H,25,26)/b16-13-. The summed E-state index contributed by atoms with van der Waals surface area (Å²) in [6, 6.07) is 14.9. The van der Waals surface area contributed by atoms with Crippen molar-refractivity contribution in [2.45, 2.75) is 26.8 Å². The van der Waals surface area contributed by atoms with Crippen LogP contribution in [0.25, 0.3) is 0 Å². The number of carbonyl (C=O) groups excluding carboxylic acids is 1. The fourth-order valence-corrected chi connectivity index (χ4v) is 2.93. The molecular weight excluding hydrogens is 406 g/mol. The molecule has 0 aliphatic heterocycles. The van der Waals surface area contributed by atoms with Crippen molar-refractivity contribution in [3.8, 4) is 11.8 Å². The number of aryl methyl sites for hydroxylation is 1. The van der Waals surface area contributed by atoms with Gasteiger partial charge in [-0.05, 0) is 45.0 Å². The van der Waals surface area contributed by atoms with E-state index in [4.69, 9.17) is 4.74 Å². The molecule has 140 valence electrons. The summed E-state index contributed by atoms with van der Waals surface area (Å²) in [7, 11) is 0. The number of benzene rings is 2. The molecule has 2 N–H and O–H groups in total. The summed E-state index contributed by atoms with van der Waals surface area (Å²) in [6.45, 7) is 6.30. The van der Waals surface area contributed by atoms with Gasteiger partial charge in [0.15, 0.2) is 0 Å². The molecule has 27 heavy (non-hydrogen) atoms. The number of halogens is 1. The van der Waals surface area contributed by atoms with Crippen LogP contribution < -0.4 is 15.4 Å². The molecule has 1 amide bonds. The topological polar surface area (TPSA) is 74.1 Å². The number of hydrogen-bond donors (Lipinski definition) is 2. The zero-order chi connectivity index (χ0) is 19.8. The minimum atomic E-state index is -0.448. The molecule has 0 heterocycles. The number of hydrogen-bond acceptors (Lipinski definition) is 4. The van der Waals surface area contributed by atoms with Crippen molar-refractivity contribution in [2.24, 2.45) is 0 Å². The molecule has 1 unspecified atom stereocenters. The third-order valence-corrected chi connectivity index (χ3v) is 4.35. The van der Waals surface area contributed by atoms with Crippen LogP contribution in [0.1, 0.15) is 31.0 Å². The Labute approximate surface area is 168 Å². The lowest BCUT2D eigenvalue weighted by Gasteiger charge is -2.18. The maximum Gasteiger partial charge on any atom is 0.263 e. The molecule has 5 nitrogen and oxygen atoms in total. The Balaban J connectivity index is 2.13. The zero-order valence-corrected chi connectivity index (χ0v) is 17.1. The van der Waals surface area contributed by atoms with Crippen LogP contribution in [0.4, 0.5) is 5.69 Å². The van der Waals surface area contributed by atoms with Crippen LogP contribution in [0.3, 0.4) is 0 Å². The summed E-state index contributed by atoms with van der Waals surface area (Å²) >= 11 is 3.38. The predicted molar refractivity (Wildman–Crippen MR) is 110 cm³/mol. The van der Waals surface area contributed by atoms with E-state index in [2.05, 4.69) is 26.6 Å². The molecule has 0 spiro atoms. The summed E-state index contributed by atoms with van der Waals surface area (Å²) < 4.78 is 6.55. The number of rotatable bonds is 7. The van der Waals surface area contributed by atoms with E-state index in [1.165, 1.54) is 6.20 Å². The average molecular weight is 428 g/mol. The van der Waals surface area contributed by atoms with E-state index in [0.29, 0.717) is 6.61 Å². The molecule has 0 aromatic heterocycles. The van der Waals surface area contributed by atoms with Gasteiger partial charge in [0.25, 0.3) is 5.91 Å². The Hall–Kier alpha value is -2.78. The Kier molecular flexibility index (Phi) is 7.44. The van der Waals surface area contributed by atoms with Gasteiger partial charge < -0.3 is 15.4 Å². The SMILES string of the molecule is CCOc1ccc(C)cc1C(C)NC(=O)/C(C#N)=C\Nc1cccc(Br)c1. The van der Waals surface area contributed by atoms with Crippen LogP contribution in [0.2, 0.25) is 0 Å². The molecule has 0 saturated carbocycles. The second-order valence-electron chi connectivity index (χ2n) is 5.99. The van der Waals surface area contributed by atoms with Gasteiger partial charge in [0.2, 0.25) is 0 Å².